The van der Waals surface area contributed by atoms with Crippen molar-refractivity contribution in [2.45, 2.75) is 57.1 Å². The molecule has 3 N–H and O–H groups in total. The number of fused-ring (bicyclic) bond motifs is 1. The number of nitrogens with two attached hydrogens (primary N) is 1. The number of aliphatic hydroxyl groups excluding tert-OH is 1. The van der Waals surface area contributed by atoms with Crippen LogP contribution >= 0.6 is 0 Å². The van der Waals surface area contributed by atoms with Crippen molar-refractivity contribution < 1.29 is 9.90 Å². The quantitative estimate of drug-likeness (QED) is 0.747. The van der Waals surface area contributed by atoms with Crippen LogP contribution in [0.3, 0.4) is 0 Å². The van der Waals surface area contributed by atoms with Gasteiger partial charge in [0.05, 0.1) is 11.6 Å². The van der Waals surface area contributed by atoms with Gasteiger partial charge < -0.3 is 15.7 Å². The third kappa shape index (κ3) is 2.29. The fraction of sp³-hybridized carbons (Fsp3) is 0.933. The lowest BCUT2D eigenvalue weighted by Gasteiger charge is -2.38. The molecular weight excluding hydrogens is 240 g/mol. The number of carbonyl (C=O) groups is 1. The minimum atomic E-state index is -0.638. The topological polar surface area (TPSA) is 66.6 Å². The van der Waals surface area contributed by atoms with Crippen LogP contribution in [-0.2, 0) is 4.79 Å². The summed E-state index contributed by atoms with van der Waals surface area (Å²) in [6, 6.07) is 0. The first kappa shape index (κ1) is 13.4. The Morgan fingerprint density at radius 1 is 1.32 bits per heavy atom. The lowest BCUT2D eigenvalue weighted by Crippen LogP contribution is -2.57. The van der Waals surface area contributed by atoms with Crippen LogP contribution in [0.2, 0.25) is 0 Å². The molecule has 1 heterocycles. The lowest BCUT2D eigenvalue weighted by molar-refractivity contribution is -0.138. The Bertz CT molecular complexity index is 373. The van der Waals surface area contributed by atoms with Crippen LogP contribution in [0.5, 0.6) is 0 Å². The molecule has 0 aromatic heterocycles. The molecule has 19 heavy (non-hydrogen) atoms. The molecule has 5 unspecified atom stereocenters. The van der Waals surface area contributed by atoms with Crippen LogP contribution in [0.25, 0.3) is 0 Å². The summed E-state index contributed by atoms with van der Waals surface area (Å²) < 4.78 is 0. The molecule has 0 spiro atoms. The average molecular weight is 266 g/mol. The summed E-state index contributed by atoms with van der Waals surface area (Å²) in [6.07, 6.45) is 5.65. The Hall–Kier alpha value is -0.610. The van der Waals surface area contributed by atoms with E-state index in [-0.39, 0.29) is 12.0 Å². The minimum Gasteiger partial charge on any atom is -0.393 e. The van der Waals surface area contributed by atoms with Crippen molar-refractivity contribution in [1.82, 2.24) is 4.90 Å². The molecule has 0 radical (unpaired) electrons. The second kappa shape index (κ2) is 4.74. The normalized spacial score (nSPS) is 46.4. The van der Waals surface area contributed by atoms with Crippen LogP contribution in [-0.4, -0.2) is 40.6 Å². The molecule has 0 aromatic rings. The minimum absolute atomic E-state index is 0.139. The van der Waals surface area contributed by atoms with Gasteiger partial charge in [-0.2, -0.15) is 0 Å². The van der Waals surface area contributed by atoms with E-state index in [4.69, 9.17) is 5.73 Å². The predicted octanol–water partition coefficient (Wildman–Crippen LogP) is 1.12. The molecule has 0 bridgehead atoms. The molecule has 0 aromatic carbocycles. The zero-order chi connectivity index (χ0) is 13.6. The fourth-order valence-electron chi connectivity index (χ4n) is 4.50. The van der Waals surface area contributed by atoms with Gasteiger partial charge >= 0.3 is 0 Å². The van der Waals surface area contributed by atoms with Crippen LogP contribution < -0.4 is 5.73 Å². The molecule has 2 aliphatic carbocycles. The Morgan fingerprint density at radius 2 is 2.11 bits per heavy atom. The smallest absolute Gasteiger partial charge is 0.242 e. The molecule has 4 heteroatoms. The van der Waals surface area contributed by atoms with Crippen molar-refractivity contribution in [3.05, 3.63) is 0 Å². The van der Waals surface area contributed by atoms with Crippen molar-refractivity contribution in [3.63, 3.8) is 0 Å². The summed E-state index contributed by atoms with van der Waals surface area (Å²) in [6.45, 7) is 3.72. The summed E-state index contributed by atoms with van der Waals surface area (Å²) in [7, 11) is 0. The molecule has 3 aliphatic rings. The molecule has 5 atom stereocenters. The standard InChI is InChI=1S/C15H26N2O2/c1-10-3-2-6-15(16,7-10)14(19)17-8-11-4-5-13(18)12(11)9-17/h10-13,18H,2-9,16H2,1H3. The van der Waals surface area contributed by atoms with Gasteiger partial charge in [-0.1, -0.05) is 19.8 Å². The van der Waals surface area contributed by atoms with Gasteiger partial charge in [-0.25, -0.2) is 0 Å². The van der Waals surface area contributed by atoms with Crippen LogP contribution in [0.15, 0.2) is 0 Å². The zero-order valence-corrected chi connectivity index (χ0v) is 11.8. The number of nitrogens with zero attached hydrogens (tertiary/aromatic N) is 1. The fourth-order valence-corrected chi connectivity index (χ4v) is 4.50. The second-order valence-electron chi connectivity index (χ2n) is 7.14. The summed E-state index contributed by atoms with van der Waals surface area (Å²) in [5.74, 6) is 1.49. The van der Waals surface area contributed by atoms with E-state index in [2.05, 4.69) is 6.92 Å². The first-order valence-corrected chi connectivity index (χ1v) is 7.76. The number of hydrogen-bond acceptors (Lipinski definition) is 3. The molecule has 1 aliphatic heterocycles. The number of rotatable bonds is 1. The van der Waals surface area contributed by atoms with Crippen molar-refractivity contribution in [2.24, 2.45) is 23.5 Å². The highest BCUT2D eigenvalue weighted by atomic mass is 16.3. The van der Waals surface area contributed by atoms with E-state index in [0.29, 0.717) is 17.8 Å². The second-order valence-corrected chi connectivity index (χ2v) is 7.14. The molecule has 2 saturated carbocycles. The predicted molar refractivity (Wildman–Crippen MR) is 73.4 cm³/mol. The summed E-state index contributed by atoms with van der Waals surface area (Å²) in [5, 5.41) is 9.95. The van der Waals surface area contributed by atoms with E-state index in [0.717, 1.165) is 45.2 Å². The van der Waals surface area contributed by atoms with E-state index < -0.39 is 5.54 Å². The van der Waals surface area contributed by atoms with Gasteiger partial charge in [0, 0.05) is 19.0 Å². The van der Waals surface area contributed by atoms with Gasteiger partial charge in [-0.3, -0.25) is 4.79 Å². The van der Waals surface area contributed by atoms with Gasteiger partial charge in [0.15, 0.2) is 0 Å². The Kier molecular flexibility index (Phi) is 3.34. The van der Waals surface area contributed by atoms with Gasteiger partial charge in [0.1, 0.15) is 0 Å². The largest absolute Gasteiger partial charge is 0.393 e. The first-order valence-electron chi connectivity index (χ1n) is 7.76. The number of amides is 1. The Balaban J connectivity index is 1.68. The monoisotopic (exact) mass is 266 g/mol. The number of likely N-dealkylation sites (tertiary alicyclic amines) is 1. The number of carbonyl (C=O) groups excluding carboxylic acids is 1. The van der Waals surface area contributed by atoms with E-state index in [1.165, 1.54) is 6.42 Å². The SMILES string of the molecule is CC1CCCC(N)(C(=O)N2CC3CCC(O)C3C2)C1. The van der Waals surface area contributed by atoms with Crippen LogP contribution in [0, 0.1) is 17.8 Å². The highest BCUT2D eigenvalue weighted by Crippen LogP contribution is 2.40. The molecular formula is C15H26N2O2. The van der Waals surface area contributed by atoms with Crippen molar-refractivity contribution >= 4 is 5.91 Å². The maximum Gasteiger partial charge on any atom is 0.242 e. The van der Waals surface area contributed by atoms with Gasteiger partial charge in [0.2, 0.25) is 5.91 Å². The molecule has 1 amide bonds. The third-order valence-corrected chi connectivity index (χ3v) is 5.56. The van der Waals surface area contributed by atoms with Crippen LogP contribution in [0.4, 0.5) is 0 Å². The molecule has 1 saturated heterocycles. The summed E-state index contributed by atoms with van der Waals surface area (Å²) in [5.41, 5.74) is 5.77. The van der Waals surface area contributed by atoms with E-state index >= 15 is 0 Å². The average Bonchev–Trinajstić information content (AvgIpc) is 2.91. The highest BCUT2D eigenvalue weighted by molar-refractivity contribution is 5.86. The van der Waals surface area contributed by atoms with Gasteiger partial charge in [-0.15, -0.1) is 0 Å². The first-order chi connectivity index (χ1) is 8.99. The third-order valence-electron chi connectivity index (χ3n) is 5.56. The number of aliphatic hydroxyl groups is 1. The van der Waals surface area contributed by atoms with E-state index in [1.54, 1.807) is 0 Å². The van der Waals surface area contributed by atoms with Gasteiger partial charge in [0.25, 0.3) is 0 Å². The zero-order valence-electron chi connectivity index (χ0n) is 11.8. The van der Waals surface area contributed by atoms with Crippen molar-refractivity contribution in [1.29, 1.82) is 0 Å². The van der Waals surface area contributed by atoms with E-state index in [9.17, 15) is 9.90 Å². The molecule has 108 valence electrons. The highest BCUT2D eigenvalue weighted by Gasteiger charge is 2.48. The Labute approximate surface area is 115 Å². The maximum atomic E-state index is 12.7. The summed E-state index contributed by atoms with van der Waals surface area (Å²) in [4.78, 5) is 14.7. The van der Waals surface area contributed by atoms with E-state index in [1.807, 2.05) is 4.90 Å². The maximum absolute atomic E-state index is 12.7. The van der Waals surface area contributed by atoms with Gasteiger partial charge in [-0.05, 0) is 37.5 Å². The van der Waals surface area contributed by atoms with Crippen molar-refractivity contribution in [3.8, 4) is 0 Å². The molecule has 3 fully saturated rings. The molecule has 4 nitrogen and oxygen atoms in total. The van der Waals surface area contributed by atoms with Crippen LogP contribution in [0.1, 0.15) is 45.4 Å². The molecule has 3 rings (SSSR count). The number of hydrogen-bond donors (Lipinski definition) is 2. The Morgan fingerprint density at radius 3 is 2.79 bits per heavy atom. The van der Waals surface area contributed by atoms with Crippen molar-refractivity contribution in [2.75, 3.05) is 13.1 Å². The summed E-state index contributed by atoms with van der Waals surface area (Å²) >= 11 is 0. The lowest BCUT2D eigenvalue weighted by atomic mass is 9.76.